The molecule has 0 saturated carbocycles. The van der Waals surface area contributed by atoms with Crippen molar-refractivity contribution in [2.75, 3.05) is 80.0 Å². The molecule has 0 aliphatic heterocycles. The van der Waals surface area contributed by atoms with E-state index in [0.29, 0.717) is 39.6 Å². The zero-order valence-electron chi connectivity index (χ0n) is 13.1. The fourth-order valence-corrected chi connectivity index (χ4v) is 1.46. The minimum Gasteiger partial charge on any atom is -0.379 e. The lowest BCUT2D eigenvalue weighted by Gasteiger charge is -2.07. The Morgan fingerprint density at radius 1 is 0.500 bits per heavy atom. The van der Waals surface area contributed by atoms with Crippen LogP contribution in [0.1, 0.15) is 12.8 Å². The zero-order chi connectivity index (χ0) is 14.7. The Morgan fingerprint density at radius 3 is 1.10 bits per heavy atom. The fourth-order valence-electron chi connectivity index (χ4n) is 1.46. The van der Waals surface area contributed by atoms with Crippen molar-refractivity contribution in [1.29, 1.82) is 0 Å². The highest BCUT2D eigenvalue weighted by molar-refractivity contribution is 4.41. The van der Waals surface area contributed by atoms with Gasteiger partial charge in [-0.05, 0) is 40.0 Å². The second-order valence-corrected chi connectivity index (χ2v) is 4.36. The first-order valence-corrected chi connectivity index (χ1v) is 7.52. The third-order valence-corrected chi connectivity index (χ3v) is 2.55. The van der Waals surface area contributed by atoms with Crippen LogP contribution in [-0.4, -0.2) is 80.0 Å². The van der Waals surface area contributed by atoms with E-state index in [4.69, 9.17) is 18.9 Å². The number of hydrogen-bond acceptors (Lipinski definition) is 6. The maximum atomic E-state index is 5.40. The van der Waals surface area contributed by atoms with Crippen LogP contribution in [0.3, 0.4) is 0 Å². The molecule has 0 aromatic carbocycles. The van der Waals surface area contributed by atoms with Crippen LogP contribution in [0.25, 0.3) is 0 Å². The number of rotatable bonds is 17. The monoisotopic (exact) mass is 292 g/mol. The molecule has 0 aromatic rings. The van der Waals surface area contributed by atoms with Gasteiger partial charge in [-0.25, -0.2) is 0 Å². The van der Waals surface area contributed by atoms with Crippen molar-refractivity contribution in [2.24, 2.45) is 0 Å². The highest BCUT2D eigenvalue weighted by Gasteiger charge is 1.93. The summed E-state index contributed by atoms with van der Waals surface area (Å²) in [5.74, 6) is 0. The van der Waals surface area contributed by atoms with Crippen LogP contribution in [-0.2, 0) is 18.9 Å². The van der Waals surface area contributed by atoms with Gasteiger partial charge in [0.1, 0.15) is 0 Å². The van der Waals surface area contributed by atoms with Gasteiger partial charge >= 0.3 is 0 Å². The predicted molar refractivity (Wildman–Crippen MR) is 80.4 cm³/mol. The number of nitrogens with one attached hydrogen (secondary N) is 2. The fraction of sp³-hybridized carbons (Fsp3) is 1.00. The van der Waals surface area contributed by atoms with Crippen LogP contribution in [0.5, 0.6) is 0 Å². The van der Waals surface area contributed by atoms with E-state index in [-0.39, 0.29) is 0 Å². The summed E-state index contributed by atoms with van der Waals surface area (Å²) in [6.07, 6.45) is 2.07. The lowest BCUT2D eigenvalue weighted by atomic mass is 10.4. The largest absolute Gasteiger partial charge is 0.379 e. The van der Waals surface area contributed by atoms with Gasteiger partial charge in [-0.15, -0.1) is 0 Å². The molecule has 6 heteroatoms. The van der Waals surface area contributed by atoms with Gasteiger partial charge in [0, 0.05) is 13.2 Å². The Labute approximate surface area is 123 Å². The molecular weight excluding hydrogens is 260 g/mol. The van der Waals surface area contributed by atoms with Gasteiger partial charge in [0.05, 0.1) is 39.6 Å². The Balaban J connectivity index is 2.89. The zero-order valence-corrected chi connectivity index (χ0v) is 13.1. The van der Waals surface area contributed by atoms with Crippen molar-refractivity contribution in [2.45, 2.75) is 12.8 Å². The Hall–Kier alpha value is -0.240. The summed E-state index contributed by atoms with van der Waals surface area (Å²) < 4.78 is 21.6. The third-order valence-electron chi connectivity index (χ3n) is 2.55. The molecule has 0 radical (unpaired) electrons. The Morgan fingerprint density at radius 2 is 0.800 bits per heavy atom. The van der Waals surface area contributed by atoms with Crippen LogP contribution in [0.15, 0.2) is 0 Å². The molecule has 0 saturated heterocycles. The maximum Gasteiger partial charge on any atom is 0.0701 e. The molecule has 0 bridgehead atoms. The quantitative estimate of drug-likeness (QED) is 0.375. The van der Waals surface area contributed by atoms with E-state index in [1.165, 1.54) is 0 Å². The van der Waals surface area contributed by atoms with Gasteiger partial charge in [0.15, 0.2) is 0 Å². The minimum atomic E-state index is 0.611. The van der Waals surface area contributed by atoms with Crippen LogP contribution < -0.4 is 10.6 Å². The molecule has 0 aliphatic rings. The molecule has 0 atom stereocenters. The van der Waals surface area contributed by atoms with Crippen LogP contribution in [0.4, 0.5) is 0 Å². The standard InChI is InChI=1S/C14H32N2O4/c1-15-5-3-7-17-9-11-19-13-14-20-12-10-18-8-4-6-16-2/h15-16H,3-14H2,1-2H3. The van der Waals surface area contributed by atoms with E-state index in [1.807, 2.05) is 14.1 Å². The maximum absolute atomic E-state index is 5.40. The van der Waals surface area contributed by atoms with Crippen LogP contribution in [0, 0.1) is 0 Å². The van der Waals surface area contributed by atoms with E-state index in [9.17, 15) is 0 Å². The summed E-state index contributed by atoms with van der Waals surface area (Å²) in [5.41, 5.74) is 0. The summed E-state index contributed by atoms with van der Waals surface area (Å²) in [4.78, 5) is 0. The van der Waals surface area contributed by atoms with Crippen molar-refractivity contribution in [3.8, 4) is 0 Å². The molecule has 122 valence electrons. The van der Waals surface area contributed by atoms with Crippen molar-refractivity contribution in [3.63, 3.8) is 0 Å². The molecule has 0 heterocycles. The molecule has 0 aromatic heterocycles. The van der Waals surface area contributed by atoms with Gasteiger partial charge in [-0.2, -0.15) is 0 Å². The van der Waals surface area contributed by atoms with E-state index < -0.39 is 0 Å². The summed E-state index contributed by atoms with van der Waals surface area (Å²) in [7, 11) is 3.88. The summed E-state index contributed by atoms with van der Waals surface area (Å²) in [6, 6.07) is 0. The van der Waals surface area contributed by atoms with Crippen molar-refractivity contribution >= 4 is 0 Å². The predicted octanol–water partition coefficient (Wildman–Crippen LogP) is 0.272. The molecule has 2 N–H and O–H groups in total. The highest BCUT2D eigenvalue weighted by Crippen LogP contribution is 1.85. The number of ether oxygens (including phenoxy) is 4. The molecule has 0 spiro atoms. The van der Waals surface area contributed by atoms with Crippen LogP contribution >= 0.6 is 0 Å². The first-order chi connectivity index (χ1) is 9.91. The molecule has 0 rings (SSSR count). The summed E-state index contributed by atoms with van der Waals surface area (Å²) in [6.45, 7) is 7.33. The van der Waals surface area contributed by atoms with E-state index in [1.54, 1.807) is 0 Å². The third kappa shape index (κ3) is 17.8. The average Bonchev–Trinajstić information content (AvgIpc) is 2.47. The molecule has 0 aliphatic carbocycles. The minimum absolute atomic E-state index is 0.611. The normalized spacial score (nSPS) is 11.1. The summed E-state index contributed by atoms with van der Waals surface area (Å²) in [5, 5.41) is 6.15. The topological polar surface area (TPSA) is 61.0 Å². The second-order valence-electron chi connectivity index (χ2n) is 4.36. The van der Waals surface area contributed by atoms with Gasteiger partial charge in [-0.3, -0.25) is 0 Å². The molecule has 6 nitrogen and oxygen atoms in total. The van der Waals surface area contributed by atoms with E-state index in [0.717, 1.165) is 39.1 Å². The average molecular weight is 292 g/mol. The van der Waals surface area contributed by atoms with Crippen molar-refractivity contribution in [1.82, 2.24) is 10.6 Å². The summed E-state index contributed by atoms with van der Waals surface area (Å²) >= 11 is 0. The van der Waals surface area contributed by atoms with Gasteiger partial charge in [-0.1, -0.05) is 0 Å². The first kappa shape index (κ1) is 19.8. The SMILES string of the molecule is CNCCCOCCOCCOCCOCCCNC. The van der Waals surface area contributed by atoms with Gasteiger partial charge < -0.3 is 29.6 Å². The lowest BCUT2D eigenvalue weighted by Crippen LogP contribution is -2.14. The molecule has 0 amide bonds. The first-order valence-electron chi connectivity index (χ1n) is 7.52. The molecular formula is C14H32N2O4. The number of hydrogen-bond donors (Lipinski definition) is 2. The van der Waals surface area contributed by atoms with Gasteiger partial charge in [0.2, 0.25) is 0 Å². The Bertz CT molecular complexity index is 155. The smallest absolute Gasteiger partial charge is 0.0701 e. The van der Waals surface area contributed by atoms with Crippen molar-refractivity contribution < 1.29 is 18.9 Å². The van der Waals surface area contributed by atoms with Gasteiger partial charge in [0.25, 0.3) is 0 Å². The van der Waals surface area contributed by atoms with E-state index in [2.05, 4.69) is 10.6 Å². The molecule has 0 fully saturated rings. The molecule has 0 unspecified atom stereocenters. The second kappa shape index (κ2) is 18.8. The Kier molecular flexibility index (Phi) is 18.5. The van der Waals surface area contributed by atoms with Crippen molar-refractivity contribution in [3.05, 3.63) is 0 Å². The molecule has 20 heavy (non-hydrogen) atoms. The van der Waals surface area contributed by atoms with E-state index >= 15 is 0 Å². The lowest BCUT2D eigenvalue weighted by molar-refractivity contribution is -0.00209. The van der Waals surface area contributed by atoms with Crippen LogP contribution in [0.2, 0.25) is 0 Å². The highest BCUT2D eigenvalue weighted by atomic mass is 16.6.